The molecule has 5 atom stereocenters. The second kappa shape index (κ2) is 38.9. The summed E-state index contributed by atoms with van der Waals surface area (Å²) in [7, 11) is 0. The molecule has 1 rings (SSSR count). The van der Waals surface area contributed by atoms with Crippen molar-refractivity contribution in [1.82, 2.24) is 5.32 Å². The van der Waals surface area contributed by atoms with Crippen molar-refractivity contribution in [1.29, 1.82) is 0 Å². The zero-order valence-electron chi connectivity index (χ0n) is 34.0. The third-order valence-corrected chi connectivity index (χ3v) is 12.9. The number of thioether (sulfide) groups is 4. The van der Waals surface area contributed by atoms with Gasteiger partial charge in [0.2, 0.25) is 0 Å². The van der Waals surface area contributed by atoms with Crippen molar-refractivity contribution < 1.29 is 37.9 Å². The van der Waals surface area contributed by atoms with E-state index in [4.69, 9.17) is 37.9 Å². The molecule has 1 fully saturated rings. The summed E-state index contributed by atoms with van der Waals surface area (Å²) in [5.74, 6) is 9.06. The Balaban J connectivity index is 3.02. The topological polar surface area (TPSA) is 85.9 Å². The van der Waals surface area contributed by atoms with Gasteiger partial charge in [-0.3, -0.25) is 0 Å². The fourth-order valence-corrected chi connectivity index (χ4v) is 8.53. The molecule has 52 heavy (non-hydrogen) atoms. The Bertz CT molecular complexity index is 736. The summed E-state index contributed by atoms with van der Waals surface area (Å²) in [6, 6.07) is 0.457. The van der Waals surface area contributed by atoms with Crippen LogP contribution in [0.3, 0.4) is 0 Å². The van der Waals surface area contributed by atoms with Crippen molar-refractivity contribution in [2.24, 2.45) is 0 Å². The summed E-state index contributed by atoms with van der Waals surface area (Å²) in [6.45, 7) is 19.6. The second-order valence-corrected chi connectivity index (χ2v) is 18.1. The molecule has 312 valence electrons. The molecule has 2 unspecified atom stereocenters. The van der Waals surface area contributed by atoms with Crippen LogP contribution in [-0.4, -0.2) is 155 Å². The maximum absolute atomic E-state index is 6.77. The zero-order valence-corrected chi connectivity index (χ0v) is 37.2. The average Bonchev–Trinajstić information content (AvgIpc) is 3.14. The van der Waals surface area contributed by atoms with Gasteiger partial charge < -0.3 is 43.2 Å². The van der Waals surface area contributed by atoms with Crippen LogP contribution < -0.4 is 5.32 Å². The molecule has 0 amide bonds. The van der Waals surface area contributed by atoms with E-state index in [0.29, 0.717) is 72.1 Å². The minimum Gasteiger partial charge on any atom is -0.379 e. The van der Waals surface area contributed by atoms with Crippen LogP contribution in [-0.2, 0) is 37.9 Å². The van der Waals surface area contributed by atoms with E-state index in [1.54, 1.807) is 0 Å². The lowest BCUT2D eigenvalue weighted by Crippen LogP contribution is -2.62. The molecule has 0 aromatic rings. The van der Waals surface area contributed by atoms with E-state index >= 15 is 0 Å². The first kappa shape index (κ1) is 51.1. The van der Waals surface area contributed by atoms with Gasteiger partial charge in [-0.2, -0.15) is 47.0 Å². The summed E-state index contributed by atoms with van der Waals surface area (Å²) < 4.78 is 51.2. The Hall–Kier alpha value is 1.04. The first-order valence-electron chi connectivity index (χ1n) is 20.5. The summed E-state index contributed by atoms with van der Waals surface area (Å²) >= 11 is 7.95. The minimum atomic E-state index is -0.613. The third kappa shape index (κ3) is 28.4. The number of ether oxygens (including phenoxy) is 8. The summed E-state index contributed by atoms with van der Waals surface area (Å²) in [4.78, 5) is 0. The largest absolute Gasteiger partial charge is 0.379 e. The number of hydrogen-bond acceptors (Lipinski definition) is 13. The summed E-state index contributed by atoms with van der Waals surface area (Å²) in [6.07, 6.45) is 6.71. The van der Waals surface area contributed by atoms with Crippen LogP contribution in [0.1, 0.15) is 92.9 Å². The van der Waals surface area contributed by atoms with Crippen molar-refractivity contribution >= 4 is 47.0 Å². The fourth-order valence-electron chi connectivity index (χ4n) is 5.27. The van der Waals surface area contributed by atoms with Crippen LogP contribution in [0, 0.1) is 0 Å². The molecular formula is C39H79NO8S4. The first-order chi connectivity index (χ1) is 25.6. The predicted molar refractivity (Wildman–Crippen MR) is 228 cm³/mol. The summed E-state index contributed by atoms with van der Waals surface area (Å²) in [5.41, 5.74) is 0. The molecule has 9 nitrogen and oxygen atoms in total. The van der Waals surface area contributed by atoms with Gasteiger partial charge in [0.15, 0.2) is 6.29 Å². The number of rotatable bonds is 40. The van der Waals surface area contributed by atoms with Crippen LogP contribution >= 0.6 is 47.0 Å². The minimum absolute atomic E-state index is 0.313. The van der Waals surface area contributed by atoms with Gasteiger partial charge in [-0.15, -0.1) is 0 Å². The van der Waals surface area contributed by atoms with E-state index < -0.39 is 12.4 Å². The monoisotopic (exact) mass is 817 g/mol. The molecule has 1 saturated heterocycles. The Morgan fingerprint density at radius 2 is 0.942 bits per heavy atom. The van der Waals surface area contributed by atoms with Crippen molar-refractivity contribution in [2.75, 3.05) is 119 Å². The Morgan fingerprint density at radius 3 is 1.46 bits per heavy atom. The molecule has 0 spiro atoms. The maximum Gasteiger partial charge on any atom is 0.187 e. The second-order valence-electron chi connectivity index (χ2n) is 13.2. The van der Waals surface area contributed by atoms with Gasteiger partial charge in [0.25, 0.3) is 0 Å². The van der Waals surface area contributed by atoms with E-state index in [-0.39, 0.29) is 18.3 Å². The zero-order chi connectivity index (χ0) is 37.7. The van der Waals surface area contributed by atoms with Gasteiger partial charge in [0.1, 0.15) is 24.4 Å². The van der Waals surface area contributed by atoms with Crippen LogP contribution in [0.15, 0.2) is 0 Å². The highest BCUT2D eigenvalue weighted by Crippen LogP contribution is 2.30. The maximum atomic E-state index is 6.77. The smallest absolute Gasteiger partial charge is 0.187 e. The average molecular weight is 818 g/mol. The molecule has 0 aromatic carbocycles. The van der Waals surface area contributed by atoms with Gasteiger partial charge in [0, 0.05) is 39.0 Å². The molecule has 1 heterocycles. The lowest BCUT2D eigenvalue weighted by Gasteiger charge is -2.46. The summed E-state index contributed by atoms with van der Waals surface area (Å²) in [5, 5.41) is 3.36. The quantitative estimate of drug-likeness (QED) is 0.0606. The Kier molecular flexibility index (Phi) is 38.2. The highest BCUT2D eigenvalue weighted by atomic mass is 32.2. The molecule has 0 aliphatic carbocycles. The van der Waals surface area contributed by atoms with Gasteiger partial charge in [0.05, 0.1) is 39.6 Å². The number of hydrogen-bond donors (Lipinski definition) is 1. The van der Waals surface area contributed by atoms with Gasteiger partial charge in [-0.1, -0.05) is 41.5 Å². The van der Waals surface area contributed by atoms with E-state index in [2.05, 4.69) is 46.9 Å². The highest BCUT2D eigenvalue weighted by molar-refractivity contribution is 7.99. The third-order valence-electron chi connectivity index (χ3n) is 7.76. The molecule has 1 aliphatic heterocycles. The van der Waals surface area contributed by atoms with Gasteiger partial charge in [-0.05, 0) is 97.4 Å². The van der Waals surface area contributed by atoms with Crippen LogP contribution in [0.5, 0.6) is 0 Å². The Labute approximate surface area is 337 Å². The van der Waals surface area contributed by atoms with Crippen molar-refractivity contribution in [3.63, 3.8) is 0 Å². The highest BCUT2D eigenvalue weighted by Gasteiger charge is 2.48. The first-order valence-corrected chi connectivity index (χ1v) is 25.1. The van der Waals surface area contributed by atoms with E-state index in [1.807, 2.05) is 47.0 Å². The predicted octanol–water partition coefficient (Wildman–Crippen LogP) is 8.06. The molecule has 0 bridgehead atoms. The van der Waals surface area contributed by atoms with E-state index in [0.717, 1.165) is 55.2 Å². The molecule has 0 aromatic heterocycles. The van der Waals surface area contributed by atoms with E-state index in [1.165, 1.54) is 48.7 Å². The molecule has 1 aliphatic rings. The van der Waals surface area contributed by atoms with E-state index in [9.17, 15) is 0 Å². The van der Waals surface area contributed by atoms with Gasteiger partial charge in [-0.25, -0.2) is 0 Å². The van der Waals surface area contributed by atoms with Crippen molar-refractivity contribution in [3.8, 4) is 0 Å². The molecule has 1 N–H and O–H groups in total. The van der Waals surface area contributed by atoms with Crippen molar-refractivity contribution in [2.45, 2.75) is 130 Å². The molecule has 0 radical (unpaired) electrons. The van der Waals surface area contributed by atoms with Crippen LogP contribution in [0.2, 0.25) is 0 Å². The Morgan fingerprint density at radius 1 is 0.481 bits per heavy atom. The number of nitrogens with one attached hydrogen (secondary N) is 1. The lowest BCUT2D eigenvalue weighted by molar-refractivity contribution is -0.324. The normalized spacial score (nSPS) is 20.7. The SMILES string of the molecule is CCCSCCCOCC1O[C@@H](OCCOCCOCCNC(C)C)C(OCCCSCCC)[C@@H](OCCCSCCC)[C@@H]1OCCCSCCC. The fraction of sp³-hybridized carbons (Fsp3) is 1.00. The molecule has 13 heteroatoms. The molecule has 0 saturated carbocycles. The van der Waals surface area contributed by atoms with Crippen molar-refractivity contribution in [3.05, 3.63) is 0 Å². The molecular weight excluding hydrogens is 739 g/mol. The lowest BCUT2D eigenvalue weighted by atomic mass is 9.98. The standard InChI is InChI=1S/C39H79NO8S4/c1-7-25-49-29-11-16-43-33-35-36(44-17-12-30-50-26-8-2)37(45-18-13-31-51-27-9-3)38(46-19-14-32-52-28-10-4)39(48-35)47-24-23-42-22-21-41-20-15-40-34(5)6/h34-40H,7-33H2,1-6H3/t35?,36-,37+,38?,39-/m1/s1. The van der Waals surface area contributed by atoms with Gasteiger partial charge >= 0.3 is 0 Å². The van der Waals surface area contributed by atoms with Crippen LogP contribution in [0.4, 0.5) is 0 Å². The van der Waals surface area contributed by atoms with Crippen LogP contribution in [0.25, 0.3) is 0 Å².